The fourth-order valence-corrected chi connectivity index (χ4v) is 2.84. The number of halogens is 1. The normalized spacial score (nSPS) is 34.1. The Hall–Kier alpha value is 0.210. The van der Waals surface area contributed by atoms with Gasteiger partial charge < -0.3 is 4.74 Å². The molecule has 3 heteroatoms. The Bertz CT molecular complexity index is 175. The summed E-state index contributed by atoms with van der Waals surface area (Å²) >= 11 is 5.74. The maximum absolute atomic E-state index is 5.82. The molecule has 0 saturated carbocycles. The van der Waals surface area contributed by atoms with Gasteiger partial charge in [-0.1, -0.05) is 0 Å². The van der Waals surface area contributed by atoms with Crippen molar-refractivity contribution in [3.63, 3.8) is 0 Å². The molecular formula is C11H20ClNO. The number of hydrogen-bond acceptors (Lipinski definition) is 2. The Morgan fingerprint density at radius 3 is 3.07 bits per heavy atom. The zero-order chi connectivity index (χ0) is 9.80. The molecular weight excluding hydrogens is 198 g/mol. The van der Waals surface area contributed by atoms with Gasteiger partial charge in [-0.05, 0) is 45.2 Å². The van der Waals surface area contributed by atoms with Crippen molar-refractivity contribution in [2.75, 3.05) is 25.6 Å². The van der Waals surface area contributed by atoms with Crippen molar-refractivity contribution < 1.29 is 4.74 Å². The molecule has 0 radical (unpaired) electrons. The minimum Gasteiger partial charge on any atom is -0.377 e. The average molecular weight is 218 g/mol. The Morgan fingerprint density at radius 2 is 2.21 bits per heavy atom. The van der Waals surface area contributed by atoms with E-state index in [0.29, 0.717) is 12.1 Å². The van der Waals surface area contributed by atoms with E-state index in [1.165, 1.54) is 32.2 Å². The molecule has 2 heterocycles. The summed E-state index contributed by atoms with van der Waals surface area (Å²) in [6.07, 6.45) is 6.76. The van der Waals surface area contributed by atoms with Gasteiger partial charge in [-0.25, -0.2) is 0 Å². The van der Waals surface area contributed by atoms with E-state index in [4.69, 9.17) is 16.3 Å². The molecule has 2 aliphatic heterocycles. The van der Waals surface area contributed by atoms with Gasteiger partial charge in [-0.2, -0.15) is 0 Å². The van der Waals surface area contributed by atoms with E-state index < -0.39 is 0 Å². The molecule has 2 aliphatic rings. The third-order valence-electron chi connectivity index (χ3n) is 3.39. The highest BCUT2D eigenvalue weighted by atomic mass is 35.5. The smallest absolute Gasteiger partial charge is 0.0730 e. The lowest BCUT2D eigenvalue weighted by atomic mass is 9.93. The van der Waals surface area contributed by atoms with Crippen LogP contribution in [0, 0.1) is 0 Å². The standard InChI is InChI=1S/C11H20ClNO/c12-6-3-8-13-7-1-5-11-10(13)4-2-9-14-11/h10-11H,1-9H2/t10-,11-/m1/s1. The summed E-state index contributed by atoms with van der Waals surface area (Å²) in [4.78, 5) is 2.59. The highest BCUT2D eigenvalue weighted by molar-refractivity contribution is 6.17. The Morgan fingerprint density at radius 1 is 1.29 bits per heavy atom. The molecule has 0 spiro atoms. The minimum absolute atomic E-state index is 0.521. The van der Waals surface area contributed by atoms with Gasteiger partial charge >= 0.3 is 0 Å². The molecule has 0 aromatic carbocycles. The van der Waals surface area contributed by atoms with Crippen LogP contribution < -0.4 is 0 Å². The predicted octanol–water partition coefficient (Wildman–Crippen LogP) is 2.26. The van der Waals surface area contributed by atoms with Crippen LogP contribution in [-0.4, -0.2) is 42.6 Å². The zero-order valence-electron chi connectivity index (χ0n) is 8.75. The fourth-order valence-electron chi connectivity index (χ4n) is 2.72. The first-order chi connectivity index (χ1) is 6.92. The molecule has 2 nitrogen and oxygen atoms in total. The summed E-state index contributed by atoms with van der Waals surface area (Å²) in [5, 5.41) is 0. The molecule has 82 valence electrons. The summed E-state index contributed by atoms with van der Waals surface area (Å²) in [7, 11) is 0. The van der Waals surface area contributed by atoms with E-state index in [-0.39, 0.29) is 0 Å². The van der Waals surface area contributed by atoms with Gasteiger partial charge in [0.05, 0.1) is 6.10 Å². The molecule has 0 amide bonds. The molecule has 2 rings (SSSR count). The highest BCUT2D eigenvalue weighted by Gasteiger charge is 2.33. The van der Waals surface area contributed by atoms with Crippen molar-refractivity contribution in [2.45, 2.75) is 44.2 Å². The van der Waals surface area contributed by atoms with Gasteiger partial charge in [-0.15, -0.1) is 11.6 Å². The van der Waals surface area contributed by atoms with Gasteiger partial charge in [0.15, 0.2) is 0 Å². The molecule has 2 saturated heterocycles. The van der Waals surface area contributed by atoms with Gasteiger partial charge in [0.2, 0.25) is 0 Å². The van der Waals surface area contributed by atoms with Gasteiger partial charge in [0.25, 0.3) is 0 Å². The Balaban J connectivity index is 1.88. The van der Waals surface area contributed by atoms with E-state index >= 15 is 0 Å². The number of nitrogens with zero attached hydrogens (tertiary/aromatic N) is 1. The molecule has 14 heavy (non-hydrogen) atoms. The van der Waals surface area contributed by atoms with Crippen LogP contribution in [0.3, 0.4) is 0 Å². The molecule has 2 atom stereocenters. The lowest BCUT2D eigenvalue weighted by molar-refractivity contribution is -0.0749. The first-order valence-electron chi connectivity index (χ1n) is 5.83. The topological polar surface area (TPSA) is 12.5 Å². The second-order valence-corrected chi connectivity index (χ2v) is 4.72. The maximum atomic E-state index is 5.82. The number of rotatable bonds is 3. The second kappa shape index (κ2) is 5.34. The van der Waals surface area contributed by atoms with Crippen molar-refractivity contribution in [3.05, 3.63) is 0 Å². The van der Waals surface area contributed by atoms with E-state index in [2.05, 4.69) is 4.90 Å². The van der Waals surface area contributed by atoms with Crippen molar-refractivity contribution in [1.29, 1.82) is 0 Å². The van der Waals surface area contributed by atoms with Crippen molar-refractivity contribution in [3.8, 4) is 0 Å². The monoisotopic (exact) mass is 217 g/mol. The molecule has 0 N–H and O–H groups in total. The van der Waals surface area contributed by atoms with Crippen molar-refractivity contribution in [2.24, 2.45) is 0 Å². The van der Waals surface area contributed by atoms with Gasteiger partial charge in [0.1, 0.15) is 0 Å². The van der Waals surface area contributed by atoms with Crippen LogP contribution >= 0.6 is 11.6 Å². The number of alkyl halides is 1. The lowest BCUT2D eigenvalue weighted by Crippen LogP contribution is -2.51. The van der Waals surface area contributed by atoms with Crippen LogP contribution in [0.2, 0.25) is 0 Å². The van der Waals surface area contributed by atoms with Crippen molar-refractivity contribution in [1.82, 2.24) is 4.90 Å². The van der Waals surface area contributed by atoms with Crippen LogP contribution in [0.1, 0.15) is 32.1 Å². The quantitative estimate of drug-likeness (QED) is 0.673. The summed E-state index contributed by atoms with van der Waals surface area (Å²) in [6.45, 7) is 3.39. The first-order valence-corrected chi connectivity index (χ1v) is 6.37. The molecule has 2 fully saturated rings. The van der Waals surface area contributed by atoms with Crippen LogP contribution in [-0.2, 0) is 4.74 Å². The summed E-state index contributed by atoms with van der Waals surface area (Å²) in [5.41, 5.74) is 0. The third-order valence-corrected chi connectivity index (χ3v) is 3.65. The number of hydrogen-bond donors (Lipinski definition) is 0. The van der Waals surface area contributed by atoms with Gasteiger partial charge in [0, 0.05) is 18.5 Å². The number of ether oxygens (including phenoxy) is 1. The summed E-state index contributed by atoms with van der Waals surface area (Å²) in [6, 6.07) is 0.695. The maximum Gasteiger partial charge on any atom is 0.0730 e. The first kappa shape index (κ1) is 10.7. The SMILES string of the molecule is ClCCCN1CCC[C@H]2OCCC[C@H]21. The summed E-state index contributed by atoms with van der Waals surface area (Å²) in [5.74, 6) is 0.786. The molecule has 0 unspecified atom stereocenters. The van der Waals surface area contributed by atoms with Crippen LogP contribution in [0.4, 0.5) is 0 Å². The van der Waals surface area contributed by atoms with Crippen molar-refractivity contribution >= 4 is 11.6 Å². The van der Waals surface area contributed by atoms with E-state index in [9.17, 15) is 0 Å². The van der Waals surface area contributed by atoms with Gasteiger partial charge in [-0.3, -0.25) is 4.90 Å². The molecule has 0 aliphatic carbocycles. The number of fused-ring (bicyclic) bond motifs is 1. The highest BCUT2D eigenvalue weighted by Crippen LogP contribution is 2.27. The van der Waals surface area contributed by atoms with Crippen LogP contribution in [0.25, 0.3) is 0 Å². The predicted molar refractivity (Wildman–Crippen MR) is 58.9 cm³/mol. The van der Waals surface area contributed by atoms with E-state index in [0.717, 1.165) is 25.5 Å². The average Bonchev–Trinajstić information content (AvgIpc) is 2.26. The number of likely N-dealkylation sites (tertiary alicyclic amines) is 1. The molecule has 0 aromatic heterocycles. The lowest BCUT2D eigenvalue weighted by Gasteiger charge is -2.43. The second-order valence-electron chi connectivity index (χ2n) is 4.34. The minimum atomic E-state index is 0.521. The van der Waals surface area contributed by atoms with E-state index in [1.807, 2.05) is 0 Å². The third kappa shape index (κ3) is 2.41. The Labute approximate surface area is 91.6 Å². The Kier molecular flexibility index (Phi) is 4.09. The van der Waals surface area contributed by atoms with E-state index in [1.54, 1.807) is 0 Å². The van der Waals surface area contributed by atoms with Crippen LogP contribution in [0.15, 0.2) is 0 Å². The fraction of sp³-hybridized carbons (Fsp3) is 1.00. The molecule has 0 bridgehead atoms. The summed E-state index contributed by atoms with van der Waals surface area (Å²) < 4.78 is 5.82. The largest absolute Gasteiger partial charge is 0.377 e. The van der Waals surface area contributed by atoms with Crippen LogP contribution in [0.5, 0.6) is 0 Å². The zero-order valence-corrected chi connectivity index (χ0v) is 9.51. The molecule has 0 aromatic rings. The number of piperidine rings is 1.